The average molecular weight is 408 g/mol. The van der Waals surface area contributed by atoms with Crippen LogP contribution in [0.5, 0.6) is 0 Å². The van der Waals surface area contributed by atoms with Crippen LogP contribution < -0.4 is 0 Å². The van der Waals surface area contributed by atoms with Crippen LogP contribution in [0.25, 0.3) is 0 Å². The Balaban J connectivity index is 1.39. The molecule has 3 aliphatic heterocycles. The van der Waals surface area contributed by atoms with E-state index in [1.165, 1.54) is 0 Å². The highest BCUT2D eigenvalue weighted by molar-refractivity contribution is 7.88. The van der Waals surface area contributed by atoms with Gasteiger partial charge in [-0.3, -0.25) is 4.99 Å². The van der Waals surface area contributed by atoms with Gasteiger partial charge in [0.15, 0.2) is 0 Å². The number of amidine groups is 1. The van der Waals surface area contributed by atoms with Crippen LogP contribution >= 0.6 is 11.6 Å². The molecule has 1 aromatic rings. The molecule has 1 atom stereocenters. The summed E-state index contributed by atoms with van der Waals surface area (Å²) in [6.45, 7) is 5.06. The molecule has 1 aromatic carbocycles. The van der Waals surface area contributed by atoms with E-state index in [-0.39, 0.29) is 11.8 Å². The van der Waals surface area contributed by atoms with Gasteiger partial charge in [0, 0.05) is 43.8 Å². The van der Waals surface area contributed by atoms with E-state index < -0.39 is 10.0 Å². The Bertz CT molecular complexity index is 919. The van der Waals surface area contributed by atoms with Gasteiger partial charge in [0.25, 0.3) is 0 Å². The molecule has 0 radical (unpaired) electrons. The molecule has 0 spiro atoms. The van der Waals surface area contributed by atoms with E-state index in [2.05, 4.69) is 21.8 Å². The first-order valence-electron chi connectivity index (χ1n) is 8.98. The summed E-state index contributed by atoms with van der Waals surface area (Å²) in [5, 5.41) is 0.549. The van der Waals surface area contributed by atoms with E-state index in [0.717, 1.165) is 18.2 Å². The van der Waals surface area contributed by atoms with E-state index in [4.69, 9.17) is 11.6 Å². The van der Waals surface area contributed by atoms with Crippen LogP contribution in [0, 0.1) is 0 Å². The summed E-state index contributed by atoms with van der Waals surface area (Å²) in [6, 6.07) is 7.28. The van der Waals surface area contributed by atoms with Crippen molar-refractivity contribution in [2.45, 2.75) is 18.7 Å². The number of halogens is 1. The monoisotopic (exact) mass is 407 g/mol. The second-order valence-corrected chi connectivity index (χ2v) is 9.41. The van der Waals surface area contributed by atoms with Crippen LogP contribution in [0.4, 0.5) is 0 Å². The number of aliphatic imine (C=N–C) groups is 2. The van der Waals surface area contributed by atoms with E-state index >= 15 is 0 Å². The minimum atomic E-state index is -3.37. The Labute approximate surface area is 164 Å². The molecule has 0 saturated carbocycles. The molecule has 9 heteroatoms. The van der Waals surface area contributed by atoms with Gasteiger partial charge < -0.3 is 9.80 Å². The minimum Gasteiger partial charge on any atom is -0.354 e. The Morgan fingerprint density at radius 1 is 1.22 bits per heavy atom. The maximum atomic E-state index is 12.7. The molecule has 0 aromatic heterocycles. The largest absolute Gasteiger partial charge is 0.354 e. The topological polar surface area (TPSA) is 68.6 Å². The van der Waals surface area contributed by atoms with Crippen molar-refractivity contribution in [3.8, 4) is 0 Å². The molecular formula is C18H22ClN5O2S. The molecule has 0 N–H and O–H groups in total. The van der Waals surface area contributed by atoms with Crippen LogP contribution in [-0.4, -0.2) is 73.5 Å². The Kier molecular flexibility index (Phi) is 4.96. The highest BCUT2D eigenvalue weighted by Gasteiger charge is 2.30. The SMILES string of the molecule is C[C@@H]1CN2C=NC(N3CCN(S(=O)(=O)Cc4cccc(Cl)c4)CC3)=CC2=N1. The van der Waals surface area contributed by atoms with Gasteiger partial charge in [-0.05, 0) is 24.6 Å². The Morgan fingerprint density at radius 2 is 2.00 bits per heavy atom. The van der Waals surface area contributed by atoms with Gasteiger partial charge in [-0.1, -0.05) is 23.7 Å². The molecule has 27 heavy (non-hydrogen) atoms. The molecule has 144 valence electrons. The lowest BCUT2D eigenvalue weighted by molar-refractivity contribution is 0.227. The van der Waals surface area contributed by atoms with Crippen LogP contribution in [0.15, 0.2) is 46.1 Å². The maximum absolute atomic E-state index is 12.7. The first-order valence-corrected chi connectivity index (χ1v) is 11.0. The maximum Gasteiger partial charge on any atom is 0.218 e. The minimum absolute atomic E-state index is 0.0297. The zero-order valence-electron chi connectivity index (χ0n) is 15.1. The lowest BCUT2D eigenvalue weighted by atomic mass is 10.2. The predicted molar refractivity (Wildman–Crippen MR) is 107 cm³/mol. The number of hydrogen-bond donors (Lipinski definition) is 0. The molecule has 0 unspecified atom stereocenters. The Hall–Kier alpha value is -1.90. The summed E-state index contributed by atoms with van der Waals surface area (Å²) in [6.07, 6.45) is 3.81. The van der Waals surface area contributed by atoms with Gasteiger partial charge in [0.2, 0.25) is 10.0 Å². The number of nitrogens with zero attached hydrogens (tertiary/aromatic N) is 5. The highest BCUT2D eigenvalue weighted by Crippen LogP contribution is 2.21. The smallest absolute Gasteiger partial charge is 0.218 e. The molecule has 0 bridgehead atoms. The molecule has 0 amide bonds. The lowest BCUT2D eigenvalue weighted by Crippen LogP contribution is -2.48. The number of piperazine rings is 1. The standard InChI is InChI=1S/C18H22ClN5O2S/c1-14-11-23-13-20-17(10-18(23)21-14)22-5-7-24(8-6-22)27(25,26)12-15-3-2-4-16(19)9-15/h2-4,9-10,13-14H,5-8,11-12H2,1H3/t14-/m1/s1. The van der Waals surface area contributed by atoms with E-state index in [0.29, 0.717) is 36.8 Å². The van der Waals surface area contributed by atoms with Gasteiger partial charge >= 0.3 is 0 Å². The lowest BCUT2D eigenvalue weighted by Gasteiger charge is -2.36. The van der Waals surface area contributed by atoms with E-state index in [9.17, 15) is 8.42 Å². The molecular weight excluding hydrogens is 386 g/mol. The summed E-state index contributed by atoms with van der Waals surface area (Å²) in [5.74, 6) is 1.76. The van der Waals surface area contributed by atoms with Gasteiger partial charge in [-0.25, -0.2) is 13.4 Å². The summed E-state index contributed by atoms with van der Waals surface area (Å²) < 4.78 is 27.0. The summed E-state index contributed by atoms with van der Waals surface area (Å²) >= 11 is 5.96. The third kappa shape index (κ3) is 4.02. The molecule has 7 nitrogen and oxygen atoms in total. The van der Waals surface area contributed by atoms with Crippen LogP contribution in [0.1, 0.15) is 12.5 Å². The van der Waals surface area contributed by atoms with Crippen molar-refractivity contribution in [3.63, 3.8) is 0 Å². The van der Waals surface area contributed by atoms with Crippen molar-refractivity contribution in [1.82, 2.24) is 14.1 Å². The van der Waals surface area contributed by atoms with Crippen LogP contribution in [-0.2, 0) is 15.8 Å². The normalized spacial score (nSPS) is 23.3. The van der Waals surface area contributed by atoms with Crippen LogP contribution in [0.2, 0.25) is 5.02 Å². The van der Waals surface area contributed by atoms with Crippen molar-refractivity contribution >= 4 is 33.8 Å². The number of sulfonamides is 1. The molecule has 4 rings (SSSR count). The first kappa shape index (κ1) is 18.5. The van der Waals surface area contributed by atoms with E-state index in [1.807, 2.05) is 17.3 Å². The van der Waals surface area contributed by atoms with Crippen molar-refractivity contribution < 1.29 is 8.42 Å². The summed E-state index contributed by atoms with van der Waals surface area (Å²) in [5.41, 5.74) is 0.706. The second-order valence-electron chi connectivity index (χ2n) is 7.01. The van der Waals surface area contributed by atoms with Crippen molar-refractivity contribution in [2.24, 2.45) is 9.98 Å². The zero-order chi connectivity index (χ0) is 19.0. The van der Waals surface area contributed by atoms with Gasteiger partial charge in [0.1, 0.15) is 11.7 Å². The molecule has 3 heterocycles. The number of hydrogen-bond acceptors (Lipinski definition) is 6. The number of benzene rings is 1. The third-order valence-corrected chi connectivity index (χ3v) is 6.97. The molecule has 0 aliphatic carbocycles. The van der Waals surface area contributed by atoms with Crippen molar-refractivity contribution in [1.29, 1.82) is 0 Å². The van der Waals surface area contributed by atoms with Crippen molar-refractivity contribution in [3.05, 3.63) is 46.7 Å². The fourth-order valence-electron chi connectivity index (χ4n) is 3.52. The highest BCUT2D eigenvalue weighted by atomic mass is 35.5. The summed E-state index contributed by atoms with van der Waals surface area (Å²) in [4.78, 5) is 13.3. The number of rotatable bonds is 4. The van der Waals surface area contributed by atoms with Crippen molar-refractivity contribution in [2.75, 3.05) is 32.7 Å². The average Bonchev–Trinajstić information content (AvgIpc) is 3.00. The second kappa shape index (κ2) is 7.26. The fourth-order valence-corrected chi connectivity index (χ4v) is 5.24. The van der Waals surface area contributed by atoms with Gasteiger partial charge in [-0.2, -0.15) is 4.31 Å². The first-order chi connectivity index (χ1) is 12.9. The Morgan fingerprint density at radius 3 is 2.74 bits per heavy atom. The molecule has 1 fully saturated rings. The van der Waals surface area contributed by atoms with E-state index in [1.54, 1.807) is 28.6 Å². The van der Waals surface area contributed by atoms with Crippen LogP contribution in [0.3, 0.4) is 0 Å². The van der Waals surface area contributed by atoms with Gasteiger partial charge in [-0.15, -0.1) is 0 Å². The predicted octanol–water partition coefficient (Wildman–Crippen LogP) is 1.77. The summed E-state index contributed by atoms with van der Waals surface area (Å²) in [7, 11) is -3.37. The molecule has 1 saturated heterocycles. The number of fused-ring (bicyclic) bond motifs is 1. The zero-order valence-corrected chi connectivity index (χ0v) is 16.7. The molecule has 3 aliphatic rings. The fraction of sp³-hybridized carbons (Fsp3) is 0.444. The third-order valence-electron chi connectivity index (χ3n) is 4.89. The quantitative estimate of drug-likeness (QED) is 0.762. The van der Waals surface area contributed by atoms with Gasteiger partial charge in [0.05, 0.1) is 18.1 Å².